The monoisotopic (exact) mass is 537 g/mol. The van der Waals surface area contributed by atoms with Gasteiger partial charge in [-0.05, 0) is 43.5 Å². The highest BCUT2D eigenvalue weighted by molar-refractivity contribution is 7.89. The van der Waals surface area contributed by atoms with Gasteiger partial charge in [-0.3, -0.25) is 0 Å². The molecule has 0 aliphatic heterocycles. The van der Waals surface area contributed by atoms with Crippen LogP contribution in [0.15, 0.2) is 47.4 Å². The summed E-state index contributed by atoms with van der Waals surface area (Å²) in [4.78, 5) is 15.2. The lowest BCUT2D eigenvalue weighted by Gasteiger charge is -2.23. The molecule has 1 aliphatic rings. The number of halogens is 1. The van der Waals surface area contributed by atoms with Gasteiger partial charge < -0.3 is 9.78 Å². The van der Waals surface area contributed by atoms with E-state index in [1.807, 2.05) is 6.07 Å². The predicted octanol–water partition coefficient (Wildman–Crippen LogP) is 4.28. The van der Waals surface area contributed by atoms with Crippen LogP contribution in [0.4, 0.5) is 0 Å². The number of carbonyl (C=O) groups is 1. The lowest BCUT2D eigenvalue weighted by Crippen LogP contribution is -2.36. The van der Waals surface area contributed by atoms with Crippen LogP contribution >= 0.6 is 11.6 Å². The molecule has 1 aliphatic carbocycles. The van der Waals surface area contributed by atoms with Crippen molar-refractivity contribution >= 4 is 48.8 Å². The molecule has 0 bridgehead atoms. The maximum atomic E-state index is 13.2. The van der Waals surface area contributed by atoms with Gasteiger partial charge in [-0.1, -0.05) is 55.1 Å². The van der Waals surface area contributed by atoms with Crippen molar-refractivity contribution in [1.82, 2.24) is 14.4 Å². The number of aromatic nitrogens is 1. The Morgan fingerprint density at radius 3 is 2.49 bits per heavy atom. The molecule has 0 amide bonds. The average Bonchev–Trinajstić information content (AvgIpc) is 3.22. The molecule has 188 valence electrons. The second-order valence-corrected chi connectivity index (χ2v) is 12.8. The van der Waals surface area contributed by atoms with Crippen molar-refractivity contribution in [1.29, 1.82) is 0 Å². The van der Waals surface area contributed by atoms with E-state index in [2.05, 4.69) is 14.4 Å². The summed E-state index contributed by atoms with van der Waals surface area (Å²) in [7, 11) is -7.60. The molecule has 0 spiro atoms. The van der Waals surface area contributed by atoms with Crippen LogP contribution in [-0.2, 0) is 24.8 Å². The van der Waals surface area contributed by atoms with Crippen molar-refractivity contribution in [2.75, 3.05) is 5.75 Å². The van der Waals surface area contributed by atoms with E-state index < -0.39 is 26.1 Å². The molecule has 4 rings (SSSR count). The van der Waals surface area contributed by atoms with Gasteiger partial charge in [-0.25, -0.2) is 26.3 Å². The fourth-order valence-corrected chi connectivity index (χ4v) is 7.07. The smallest absolute Gasteiger partial charge is 0.242 e. The number of para-hydroxylation sites is 1. The lowest BCUT2D eigenvalue weighted by molar-refractivity contribution is -0.109. The molecule has 35 heavy (non-hydrogen) atoms. The van der Waals surface area contributed by atoms with E-state index in [9.17, 15) is 21.6 Å². The quantitative estimate of drug-likeness (QED) is 0.351. The van der Waals surface area contributed by atoms with Crippen LogP contribution in [0, 0.1) is 0 Å². The van der Waals surface area contributed by atoms with Crippen molar-refractivity contribution in [3.05, 3.63) is 53.1 Å². The molecular formula is C24H28ClN3O5S2. The standard InChI is InChI=1S/C24H28ClN3O5S2/c1-2-34(30,31)28-21(15-29)23-18-10-6-7-11-20(18)26-24(23)16-12-13-19(25)22(14-16)35(32,33)27-17-8-4-3-5-9-17/h6-7,10-15,17,21,26-28H,2-5,8-9H2,1H3. The zero-order valence-electron chi connectivity index (χ0n) is 19.3. The number of H-pyrrole nitrogens is 1. The molecule has 1 aromatic heterocycles. The minimum atomic E-state index is -3.90. The third-order valence-electron chi connectivity index (χ3n) is 6.32. The molecule has 3 N–H and O–H groups in total. The first-order valence-electron chi connectivity index (χ1n) is 11.5. The first kappa shape index (κ1) is 25.8. The number of hydrogen-bond donors (Lipinski definition) is 3. The fraction of sp³-hybridized carbons (Fsp3) is 0.375. The molecule has 1 unspecified atom stereocenters. The van der Waals surface area contributed by atoms with E-state index in [0.29, 0.717) is 34.0 Å². The summed E-state index contributed by atoms with van der Waals surface area (Å²) in [6, 6.07) is 10.5. The van der Waals surface area contributed by atoms with Gasteiger partial charge in [0.2, 0.25) is 20.0 Å². The molecule has 0 saturated heterocycles. The van der Waals surface area contributed by atoms with Crippen molar-refractivity contribution in [2.45, 2.75) is 56.0 Å². The van der Waals surface area contributed by atoms with Crippen molar-refractivity contribution in [3.63, 3.8) is 0 Å². The first-order chi connectivity index (χ1) is 16.6. The first-order valence-corrected chi connectivity index (χ1v) is 15.0. The van der Waals surface area contributed by atoms with Crippen molar-refractivity contribution in [3.8, 4) is 11.3 Å². The Morgan fingerprint density at radius 1 is 1.09 bits per heavy atom. The topological polar surface area (TPSA) is 125 Å². The Hall–Kier alpha value is -2.24. The molecule has 3 aromatic rings. The summed E-state index contributed by atoms with van der Waals surface area (Å²) in [5.41, 5.74) is 2.00. The molecule has 11 heteroatoms. The Balaban J connectivity index is 1.82. The number of rotatable bonds is 9. The number of benzene rings is 2. The summed E-state index contributed by atoms with van der Waals surface area (Å²) in [6.45, 7) is 1.48. The number of fused-ring (bicyclic) bond motifs is 1. The lowest BCUT2D eigenvalue weighted by atomic mass is 9.96. The van der Waals surface area contributed by atoms with Crippen LogP contribution < -0.4 is 9.44 Å². The van der Waals surface area contributed by atoms with E-state index in [-0.39, 0.29) is 21.7 Å². The molecule has 8 nitrogen and oxygen atoms in total. The average molecular weight is 538 g/mol. The molecule has 1 heterocycles. The van der Waals surface area contributed by atoms with Crippen LogP contribution in [0.2, 0.25) is 5.02 Å². The van der Waals surface area contributed by atoms with Crippen LogP contribution in [0.1, 0.15) is 50.6 Å². The predicted molar refractivity (Wildman–Crippen MR) is 137 cm³/mol. The van der Waals surface area contributed by atoms with E-state index in [1.165, 1.54) is 19.1 Å². The second-order valence-electron chi connectivity index (χ2n) is 8.70. The zero-order chi connectivity index (χ0) is 25.2. The summed E-state index contributed by atoms with van der Waals surface area (Å²) >= 11 is 6.32. The number of nitrogens with one attached hydrogen (secondary N) is 3. The maximum absolute atomic E-state index is 13.2. The molecule has 1 saturated carbocycles. The summed E-state index contributed by atoms with van der Waals surface area (Å²) in [5, 5.41) is 0.728. The van der Waals surface area contributed by atoms with Gasteiger partial charge in [-0.15, -0.1) is 0 Å². The molecule has 0 radical (unpaired) electrons. The van der Waals surface area contributed by atoms with Gasteiger partial charge in [0.25, 0.3) is 0 Å². The summed E-state index contributed by atoms with van der Waals surface area (Å²) in [6.07, 6.45) is 5.13. The Kier molecular flexibility index (Phi) is 7.68. The SMILES string of the molecule is CCS(=O)(=O)NC(C=O)c1c(-c2ccc(Cl)c(S(=O)(=O)NC3CCCCC3)c2)[nH]c2ccccc12. The number of aromatic amines is 1. The minimum Gasteiger partial charge on any atom is -0.354 e. The van der Waals surface area contributed by atoms with Gasteiger partial charge in [0, 0.05) is 22.5 Å². The van der Waals surface area contributed by atoms with Gasteiger partial charge in [0.1, 0.15) is 17.2 Å². The Labute approximate surface area is 210 Å². The van der Waals surface area contributed by atoms with Crippen LogP contribution in [0.3, 0.4) is 0 Å². The number of sulfonamides is 2. The van der Waals surface area contributed by atoms with Gasteiger partial charge >= 0.3 is 0 Å². The number of carbonyl (C=O) groups excluding carboxylic acids is 1. The van der Waals surface area contributed by atoms with E-state index in [4.69, 9.17) is 11.6 Å². The molecule has 2 aromatic carbocycles. The summed E-state index contributed by atoms with van der Waals surface area (Å²) < 4.78 is 56.2. The second kappa shape index (κ2) is 10.4. The normalized spacial score (nSPS) is 16.4. The van der Waals surface area contributed by atoms with Crippen molar-refractivity contribution in [2.24, 2.45) is 0 Å². The third-order valence-corrected chi connectivity index (χ3v) is 9.69. The highest BCUT2D eigenvalue weighted by Gasteiger charge is 2.28. The Morgan fingerprint density at radius 2 is 1.80 bits per heavy atom. The Bertz CT molecular complexity index is 1450. The highest BCUT2D eigenvalue weighted by Crippen LogP contribution is 2.37. The van der Waals surface area contributed by atoms with E-state index in [1.54, 1.807) is 24.3 Å². The van der Waals surface area contributed by atoms with Gasteiger partial charge in [-0.2, -0.15) is 0 Å². The van der Waals surface area contributed by atoms with Crippen LogP contribution in [0.25, 0.3) is 22.2 Å². The van der Waals surface area contributed by atoms with Crippen molar-refractivity contribution < 1.29 is 21.6 Å². The van der Waals surface area contributed by atoms with Gasteiger partial charge in [0.05, 0.1) is 16.5 Å². The molecule has 1 fully saturated rings. The summed E-state index contributed by atoms with van der Waals surface area (Å²) in [5.74, 6) is -0.189. The van der Waals surface area contributed by atoms with Crippen LogP contribution in [-0.4, -0.2) is 39.9 Å². The third kappa shape index (κ3) is 5.62. The van der Waals surface area contributed by atoms with Gasteiger partial charge in [0.15, 0.2) is 0 Å². The zero-order valence-corrected chi connectivity index (χ0v) is 21.6. The highest BCUT2D eigenvalue weighted by atomic mass is 35.5. The molecular weight excluding hydrogens is 510 g/mol. The maximum Gasteiger partial charge on any atom is 0.242 e. The molecule has 1 atom stereocenters. The van der Waals surface area contributed by atoms with Crippen LogP contribution in [0.5, 0.6) is 0 Å². The number of hydrogen-bond acceptors (Lipinski definition) is 5. The van der Waals surface area contributed by atoms with E-state index >= 15 is 0 Å². The number of aldehydes is 1. The van der Waals surface area contributed by atoms with E-state index in [0.717, 1.165) is 32.1 Å². The minimum absolute atomic E-state index is 0.0661. The largest absolute Gasteiger partial charge is 0.354 e. The fourth-order valence-electron chi connectivity index (χ4n) is 4.51.